The van der Waals surface area contributed by atoms with Gasteiger partial charge in [-0.15, -0.1) is 22.6 Å². The molecule has 8 heteroatoms. The molecule has 1 heterocycles. The van der Waals surface area contributed by atoms with Gasteiger partial charge in [-0.3, -0.25) is 10.1 Å². The summed E-state index contributed by atoms with van der Waals surface area (Å²) in [5.41, 5.74) is 5.86. The largest absolute Gasteiger partial charge is 0.317 e. The number of anilines is 1. The molecule has 3 rings (SSSR count). The normalized spacial score (nSPS) is 15.9. The number of nitrogens with one attached hydrogen (secondary N) is 1. The minimum atomic E-state index is -0.794. The first-order valence-electron chi connectivity index (χ1n) is 7.23. The molecule has 23 heavy (non-hydrogen) atoms. The maximum Gasteiger partial charge on any atom is 0.246 e. The summed E-state index contributed by atoms with van der Waals surface area (Å²) in [6.45, 7) is 0. The lowest BCUT2D eigenvalue weighted by atomic mass is 9.98. The Morgan fingerprint density at radius 1 is 1.30 bits per heavy atom. The third-order valence-electron chi connectivity index (χ3n) is 3.93. The lowest BCUT2D eigenvalue weighted by Gasteiger charge is -2.20. The molecule has 1 amide bonds. The van der Waals surface area contributed by atoms with Crippen molar-refractivity contribution in [3.63, 3.8) is 0 Å². The Hall–Kier alpha value is -1.57. The third kappa shape index (κ3) is 4.04. The average Bonchev–Trinajstić information content (AvgIpc) is 3.12. The molecule has 0 aliphatic heterocycles. The van der Waals surface area contributed by atoms with E-state index in [4.69, 9.17) is 5.73 Å². The van der Waals surface area contributed by atoms with Crippen molar-refractivity contribution in [2.75, 3.05) is 5.32 Å². The number of aromatic nitrogens is 2. The van der Waals surface area contributed by atoms with Crippen molar-refractivity contribution in [2.24, 2.45) is 5.73 Å². The molecular formula is C15H18ClFN4OS. The van der Waals surface area contributed by atoms with Crippen LogP contribution in [0.2, 0.25) is 0 Å². The van der Waals surface area contributed by atoms with Crippen LogP contribution in [0.3, 0.4) is 0 Å². The van der Waals surface area contributed by atoms with Crippen molar-refractivity contribution >= 4 is 34.8 Å². The summed E-state index contributed by atoms with van der Waals surface area (Å²) < 4.78 is 13.6. The predicted molar refractivity (Wildman–Crippen MR) is 90.4 cm³/mol. The highest BCUT2D eigenvalue weighted by Crippen LogP contribution is 2.29. The third-order valence-corrected chi connectivity index (χ3v) is 4.77. The molecular weight excluding hydrogens is 339 g/mol. The fraction of sp³-hybridized carbons (Fsp3) is 0.400. The molecule has 0 bridgehead atoms. The number of halogens is 2. The highest BCUT2D eigenvalue weighted by molar-refractivity contribution is 7.15. The number of nitrogens with two attached hydrogens (primary N) is 1. The van der Waals surface area contributed by atoms with Crippen LogP contribution in [0.5, 0.6) is 0 Å². The molecule has 1 aromatic heterocycles. The van der Waals surface area contributed by atoms with Crippen LogP contribution in [0.4, 0.5) is 9.52 Å². The summed E-state index contributed by atoms with van der Waals surface area (Å²) in [6, 6.07) is 6.55. The number of hydrogen-bond acceptors (Lipinski definition) is 5. The molecule has 1 fully saturated rings. The van der Waals surface area contributed by atoms with E-state index in [0.717, 1.165) is 12.8 Å². The maximum atomic E-state index is 13.6. The Kier molecular flexibility index (Phi) is 5.67. The average molecular weight is 357 g/mol. The summed E-state index contributed by atoms with van der Waals surface area (Å²) in [7, 11) is 0. The molecule has 5 nitrogen and oxygen atoms in total. The number of hydrogen-bond donors (Lipinski definition) is 2. The van der Waals surface area contributed by atoms with Gasteiger partial charge in [-0.2, -0.15) is 0 Å². The van der Waals surface area contributed by atoms with Gasteiger partial charge in [-0.1, -0.05) is 42.4 Å². The summed E-state index contributed by atoms with van der Waals surface area (Å²) in [5.74, 6) is -0.478. The molecule has 0 spiro atoms. The van der Waals surface area contributed by atoms with Gasteiger partial charge in [0.25, 0.3) is 0 Å². The van der Waals surface area contributed by atoms with E-state index in [9.17, 15) is 9.18 Å². The van der Waals surface area contributed by atoms with Crippen LogP contribution < -0.4 is 11.1 Å². The van der Waals surface area contributed by atoms with Crippen LogP contribution in [0.25, 0.3) is 0 Å². The fourth-order valence-corrected chi connectivity index (χ4v) is 3.39. The second kappa shape index (κ2) is 7.33. The van der Waals surface area contributed by atoms with Gasteiger partial charge < -0.3 is 5.73 Å². The zero-order valence-electron chi connectivity index (χ0n) is 12.4. The monoisotopic (exact) mass is 356 g/mol. The van der Waals surface area contributed by atoms with Gasteiger partial charge in [0.05, 0.1) is 5.54 Å². The lowest BCUT2D eigenvalue weighted by molar-refractivity contribution is -0.121. The quantitative estimate of drug-likeness (QED) is 0.882. The zero-order chi connectivity index (χ0) is 15.6. The molecule has 1 saturated carbocycles. The zero-order valence-corrected chi connectivity index (χ0v) is 14.1. The van der Waals surface area contributed by atoms with E-state index in [1.165, 1.54) is 17.4 Å². The van der Waals surface area contributed by atoms with Crippen LogP contribution in [0, 0.1) is 5.82 Å². The second-order valence-corrected chi connectivity index (χ2v) is 6.65. The lowest BCUT2D eigenvalue weighted by Crippen LogP contribution is -2.48. The minimum Gasteiger partial charge on any atom is -0.317 e. The van der Waals surface area contributed by atoms with Crippen LogP contribution in [0.15, 0.2) is 24.3 Å². The molecule has 3 N–H and O–H groups in total. The summed E-state index contributed by atoms with van der Waals surface area (Å²) >= 11 is 1.25. The topological polar surface area (TPSA) is 80.9 Å². The first-order chi connectivity index (χ1) is 10.6. The summed E-state index contributed by atoms with van der Waals surface area (Å²) in [5, 5.41) is 11.7. The Bertz CT molecular complexity index is 688. The Labute approximate surface area is 143 Å². The van der Waals surface area contributed by atoms with Crippen molar-refractivity contribution in [1.82, 2.24) is 10.2 Å². The Morgan fingerprint density at radius 3 is 2.70 bits per heavy atom. The van der Waals surface area contributed by atoms with Crippen molar-refractivity contribution in [3.8, 4) is 0 Å². The van der Waals surface area contributed by atoms with Gasteiger partial charge >= 0.3 is 0 Å². The molecule has 1 aliphatic carbocycles. The molecule has 2 aromatic rings. The molecule has 124 valence electrons. The smallest absolute Gasteiger partial charge is 0.246 e. The van der Waals surface area contributed by atoms with E-state index in [0.29, 0.717) is 35.0 Å². The van der Waals surface area contributed by atoms with Crippen molar-refractivity contribution < 1.29 is 9.18 Å². The molecule has 0 radical (unpaired) electrons. The number of nitrogens with zero attached hydrogens (tertiary/aromatic N) is 2. The minimum absolute atomic E-state index is 0. The van der Waals surface area contributed by atoms with Crippen molar-refractivity contribution in [2.45, 2.75) is 37.6 Å². The first kappa shape index (κ1) is 17.8. The van der Waals surface area contributed by atoms with Gasteiger partial charge in [0, 0.05) is 6.42 Å². The van der Waals surface area contributed by atoms with Crippen LogP contribution in [-0.4, -0.2) is 21.6 Å². The summed E-state index contributed by atoms with van der Waals surface area (Å²) in [6.07, 6.45) is 3.69. The van der Waals surface area contributed by atoms with E-state index >= 15 is 0 Å². The molecule has 0 saturated heterocycles. The Balaban J connectivity index is 0.00000192. The van der Waals surface area contributed by atoms with Gasteiger partial charge in [-0.05, 0) is 24.5 Å². The highest BCUT2D eigenvalue weighted by atomic mass is 35.5. The predicted octanol–water partition coefficient (Wildman–Crippen LogP) is 2.90. The van der Waals surface area contributed by atoms with Crippen LogP contribution >= 0.6 is 23.7 Å². The van der Waals surface area contributed by atoms with Crippen molar-refractivity contribution in [3.05, 3.63) is 40.7 Å². The SMILES string of the molecule is Cl.NC1(C(=O)Nc2nnc(Cc3ccccc3F)s2)CCCC1. The van der Waals surface area contributed by atoms with E-state index in [1.54, 1.807) is 18.2 Å². The van der Waals surface area contributed by atoms with E-state index in [-0.39, 0.29) is 24.1 Å². The molecule has 0 atom stereocenters. The van der Waals surface area contributed by atoms with Crippen LogP contribution in [0.1, 0.15) is 36.3 Å². The van der Waals surface area contributed by atoms with Gasteiger partial charge in [0.1, 0.15) is 10.8 Å². The standard InChI is InChI=1S/C15H17FN4OS.ClH/c16-11-6-2-1-5-10(11)9-12-19-20-14(22-12)18-13(21)15(17)7-3-4-8-15;/h1-2,5-6H,3-4,7-9,17H2,(H,18,20,21);1H. The van der Waals surface area contributed by atoms with Gasteiger partial charge in [0.15, 0.2) is 0 Å². The molecule has 1 aromatic carbocycles. The molecule has 1 aliphatic rings. The number of carbonyl (C=O) groups excluding carboxylic acids is 1. The van der Waals surface area contributed by atoms with E-state index in [2.05, 4.69) is 15.5 Å². The van der Waals surface area contributed by atoms with E-state index in [1.807, 2.05) is 0 Å². The number of benzene rings is 1. The Morgan fingerprint density at radius 2 is 2.00 bits per heavy atom. The van der Waals surface area contributed by atoms with Crippen LogP contribution in [-0.2, 0) is 11.2 Å². The van der Waals surface area contributed by atoms with E-state index < -0.39 is 5.54 Å². The summed E-state index contributed by atoms with van der Waals surface area (Å²) in [4.78, 5) is 12.2. The molecule has 0 unspecified atom stereocenters. The first-order valence-corrected chi connectivity index (χ1v) is 8.05. The maximum absolute atomic E-state index is 13.6. The number of amides is 1. The highest BCUT2D eigenvalue weighted by Gasteiger charge is 2.37. The van der Waals surface area contributed by atoms with Gasteiger partial charge in [0.2, 0.25) is 11.0 Å². The second-order valence-electron chi connectivity index (χ2n) is 5.59. The number of rotatable bonds is 4. The fourth-order valence-electron chi connectivity index (χ4n) is 2.63. The van der Waals surface area contributed by atoms with Gasteiger partial charge in [-0.25, -0.2) is 4.39 Å². The number of carbonyl (C=O) groups is 1. The van der Waals surface area contributed by atoms with Crippen molar-refractivity contribution in [1.29, 1.82) is 0 Å².